The molecule has 1 aliphatic rings. The lowest BCUT2D eigenvalue weighted by Crippen LogP contribution is -2.01. The minimum atomic E-state index is -0.439. The zero-order chi connectivity index (χ0) is 12.0. The van der Waals surface area contributed by atoms with Crippen molar-refractivity contribution in [3.05, 3.63) is 34.1 Å². The number of nitro benzene ring substituents is 1. The van der Waals surface area contributed by atoms with Gasteiger partial charge in [0.15, 0.2) is 5.52 Å². The summed E-state index contributed by atoms with van der Waals surface area (Å²) < 4.78 is 0. The molecule has 0 spiro atoms. The van der Waals surface area contributed by atoms with Crippen LogP contribution in [-0.2, 0) is 0 Å². The zero-order valence-electron chi connectivity index (χ0n) is 8.96. The van der Waals surface area contributed by atoms with E-state index in [0.717, 1.165) is 12.8 Å². The molecule has 0 bridgehead atoms. The van der Waals surface area contributed by atoms with Gasteiger partial charge in [0.25, 0.3) is 5.69 Å². The van der Waals surface area contributed by atoms with Crippen molar-refractivity contribution >= 4 is 22.4 Å². The summed E-state index contributed by atoms with van der Waals surface area (Å²) in [6.07, 6.45) is 2.07. The number of benzene rings is 1. The number of nitrogens with zero attached hydrogens (tertiary/aromatic N) is 3. The van der Waals surface area contributed by atoms with E-state index in [9.17, 15) is 10.1 Å². The van der Waals surface area contributed by atoms with E-state index in [1.54, 1.807) is 12.1 Å². The minimum Gasteiger partial charge on any atom is -0.383 e. The first-order valence-electron chi connectivity index (χ1n) is 5.37. The van der Waals surface area contributed by atoms with Crippen molar-refractivity contribution in [1.82, 2.24) is 9.97 Å². The fraction of sp³-hybridized carbons (Fsp3) is 0.273. The van der Waals surface area contributed by atoms with Crippen LogP contribution < -0.4 is 5.73 Å². The van der Waals surface area contributed by atoms with E-state index in [-0.39, 0.29) is 5.69 Å². The molecule has 0 radical (unpaired) electrons. The molecular formula is C11H10N4O2. The lowest BCUT2D eigenvalue weighted by atomic mass is 10.2. The SMILES string of the molecule is Nc1nc(C2CC2)nc2c([N+](=O)[O-])cccc12. The van der Waals surface area contributed by atoms with E-state index in [1.807, 2.05) is 0 Å². The molecule has 0 amide bonds. The first-order valence-corrected chi connectivity index (χ1v) is 5.37. The number of hydrogen-bond donors (Lipinski definition) is 1. The molecule has 0 aliphatic heterocycles. The Balaban J connectivity index is 2.32. The van der Waals surface area contributed by atoms with Crippen LogP contribution >= 0.6 is 0 Å². The van der Waals surface area contributed by atoms with Crippen LogP contribution in [0.4, 0.5) is 11.5 Å². The number of nitrogen functional groups attached to an aromatic ring is 1. The highest BCUT2D eigenvalue weighted by Crippen LogP contribution is 2.39. The predicted molar refractivity (Wildman–Crippen MR) is 62.6 cm³/mol. The minimum absolute atomic E-state index is 0.0153. The van der Waals surface area contributed by atoms with Crippen LogP contribution in [0.2, 0.25) is 0 Å². The molecule has 1 aliphatic carbocycles. The van der Waals surface area contributed by atoms with Crippen molar-refractivity contribution in [2.75, 3.05) is 5.73 Å². The molecule has 1 aromatic carbocycles. The van der Waals surface area contributed by atoms with Gasteiger partial charge in [-0.25, -0.2) is 9.97 Å². The molecule has 6 heteroatoms. The number of hydrogen-bond acceptors (Lipinski definition) is 5. The summed E-state index contributed by atoms with van der Waals surface area (Å²) >= 11 is 0. The topological polar surface area (TPSA) is 94.9 Å². The van der Waals surface area contributed by atoms with E-state index in [4.69, 9.17) is 5.73 Å². The number of para-hydroxylation sites is 1. The van der Waals surface area contributed by atoms with Crippen molar-refractivity contribution in [3.63, 3.8) is 0 Å². The Morgan fingerprint density at radius 3 is 2.76 bits per heavy atom. The predicted octanol–water partition coefficient (Wildman–Crippen LogP) is 2.00. The summed E-state index contributed by atoms with van der Waals surface area (Å²) in [7, 11) is 0. The number of nitro groups is 1. The van der Waals surface area contributed by atoms with Gasteiger partial charge in [-0.15, -0.1) is 0 Å². The van der Waals surface area contributed by atoms with Crippen LogP contribution in [0.1, 0.15) is 24.6 Å². The number of aromatic nitrogens is 2. The molecule has 0 unspecified atom stereocenters. The summed E-state index contributed by atoms with van der Waals surface area (Å²) in [4.78, 5) is 19.0. The second kappa shape index (κ2) is 3.38. The molecule has 6 nitrogen and oxygen atoms in total. The van der Waals surface area contributed by atoms with Gasteiger partial charge >= 0.3 is 0 Å². The molecule has 86 valence electrons. The van der Waals surface area contributed by atoms with Gasteiger partial charge in [-0.3, -0.25) is 10.1 Å². The Labute approximate surface area is 96.6 Å². The third-order valence-electron chi connectivity index (χ3n) is 2.89. The van der Waals surface area contributed by atoms with Crippen LogP contribution in [0.15, 0.2) is 18.2 Å². The van der Waals surface area contributed by atoms with E-state index in [0.29, 0.717) is 28.5 Å². The fourth-order valence-corrected chi connectivity index (χ4v) is 1.85. The van der Waals surface area contributed by atoms with Crippen LogP contribution in [0.25, 0.3) is 10.9 Å². The Hall–Kier alpha value is -2.24. The van der Waals surface area contributed by atoms with Crippen LogP contribution in [0, 0.1) is 10.1 Å². The Morgan fingerprint density at radius 1 is 1.35 bits per heavy atom. The summed E-state index contributed by atoms with van der Waals surface area (Å²) in [6, 6.07) is 4.73. The van der Waals surface area contributed by atoms with Gasteiger partial charge in [-0.2, -0.15) is 0 Å². The molecule has 0 saturated heterocycles. The van der Waals surface area contributed by atoms with Gasteiger partial charge in [-0.1, -0.05) is 6.07 Å². The maximum Gasteiger partial charge on any atom is 0.295 e. The highest BCUT2D eigenvalue weighted by Gasteiger charge is 2.28. The Bertz CT molecular complexity index is 622. The molecular weight excluding hydrogens is 220 g/mol. The number of rotatable bonds is 2. The number of fused-ring (bicyclic) bond motifs is 1. The van der Waals surface area contributed by atoms with E-state index >= 15 is 0 Å². The third-order valence-corrected chi connectivity index (χ3v) is 2.89. The first-order chi connectivity index (χ1) is 8.16. The fourth-order valence-electron chi connectivity index (χ4n) is 1.85. The van der Waals surface area contributed by atoms with Crippen LogP contribution in [0.5, 0.6) is 0 Å². The molecule has 0 atom stereocenters. The van der Waals surface area contributed by atoms with Gasteiger partial charge < -0.3 is 5.73 Å². The van der Waals surface area contributed by atoms with Crippen molar-refractivity contribution in [3.8, 4) is 0 Å². The standard InChI is InChI=1S/C11H10N4O2/c12-10-7-2-1-3-8(15(16)17)9(7)13-11(14-10)6-4-5-6/h1-3,6H,4-5H2,(H2,12,13,14). The maximum atomic E-state index is 10.9. The highest BCUT2D eigenvalue weighted by atomic mass is 16.6. The normalized spacial score (nSPS) is 15.1. The Morgan fingerprint density at radius 2 is 2.12 bits per heavy atom. The quantitative estimate of drug-likeness (QED) is 0.628. The van der Waals surface area contributed by atoms with E-state index < -0.39 is 4.92 Å². The second-order valence-corrected chi connectivity index (χ2v) is 4.17. The molecule has 1 aromatic heterocycles. The smallest absolute Gasteiger partial charge is 0.295 e. The zero-order valence-corrected chi connectivity index (χ0v) is 8.96. The summed E-state index contributed by atoms with van der Waals surface area (Å²) in [6.45, 7) is 0. The lowest BCUT2D eigenvalue weighted by Gasteiger charge is -2.04. The number of non-ortho nitro benzene ring substituents is 1. The van der Waals surface area contributed by atoms with Crippen molar-refractivity contribution in [2.45, 2.75) is 18.8 Å². The molecule has 17 heavy (non-hydrogen) atoms. The maximum absolute atomic E-state index is 10.9. The van der Waals surface area contributed by atoms with Crippen molar-refractivity contribution < 1.29 is 4.92 Å². The largest absolute Gasteiger partial charge is 0.383 e. The average Bonchev–Trinajstić information content (AvgIpc) is 3.11. The summed E-state index contributed by atoms with van der Waals surface area (Å²) in [5, 5.41) is 11.5. The van der Waals surface area contributed by atoms with Gasteiger partial charge in [0.1, 0.15) is 11.6 Å². The monoisotopic (exact) mass is 230 g/mol. The third kappa shape index (κ3) is 1.57. The van der Waals surface area contributed by atoms with Gasteiger partial charge in [0.2, 0.25) is 0 Å². The lowest BCUT2D eigenvalue weighted by molar-refractivity contribution is -0.383. The summed E-state index contributed by atoms with van der Waals surface area (Å²) in [5.41, 5.74) is 6.14. The molecule has 3 rings (SSSR count). The number of anilines is 1. The molecule has 1 saturated carbocycles. The average molecular weight is 230 g/mol. The van der Waals surface area contributed by atoms with E-state index in [1.165, 1.54) is 6.07 Å². The number of nitrogens with two attached hydrogens (primary N) is 1. The van der Waals surface area contributed by atoms with Gasteiger partial charge in [0.05, 0.1) is 4.92 Å². The molecule has 1 fully saturated rings. The van der Waals surface area contributed by atoms with Gasteiger partial charge in [0, 0.05) is 17.4 Å². The van der Waals surface area contributed by atoms with Gasteiger partial charge in [-0.05, 0) is 18.9 Å². The first kappa shape index (κ1) is 9.95. The second-order valence-electron chi connectivity index (χ2n) is 4.17. The van der Waals surface area contributed by atoms with Crippen LogP contribution in [-0.4, -0.2) is 14.9 Å². The van der Waals surface area contributed by atoms with Crippen molar-refractivity contribution in [1.29, 1.82) is 0 Å². The summed E-state index contributed by atoms with van der Waals surface area (Å²) in [5.74, 6) is 1.27. The van der Waals surface area contributed by atoms with Crippen molar-refractivity contribution in [2.24, 2.45) is 0 Å². The molecule has 2 N–H and O–H groups in total. The molecule has 1 heterocycles. The van der Waals surface area contributed by atoms with E-state index in [2.05, 4.69) is 9.97 Å². The molecule has 2 aromatic rings. The van der Waals surface area contributed by atoms with Crippen LogP contribution in [0.3, 0.4) is 0 Å². The highest BCUT2D eigenvalue weighted by molar-refractivity contribution is 5.94. The Kier molecular flexibility index (Phi) is 1.98.